The van der Waals surface area contributed by atoms with E-state index >= 15 is 0 Å². The topological polar surface area (TPSA) is 84.1 Å². The lowest BCUT2D eigenvalue weighted by molar-refractivity contribution is -0.140. The van der Waals surface area contributed by atoms with E-state index in [2.05, 4.69) is 11.1 Å². The number of hydrogen-bond donors (Lipinski definition) is 1. The summed E-state index contributed by atoms with van der Waals surface area (Å²) in [5.41, 5.74) is 3.11. The number of H-pyrrole nitrogens is 1. The Kier molecular flexibility index (Phi) is 11.1. The lowest BCUT2D eigenvalue weighted by Crippen LogP contribution is -2.45. The third-order valence-corrected chi connectivity index (χ3v) is 7.85. The van der Waals surface area contributed by atoms with Gasteiger partial charge in [-0.05, 0) is 47.9 Å². The minimum atomic E-state index is -0.131. The molecule has 0 atom stereocenters. The molecule has 1 heterocycles. The number of para-hydroxylation sites is 1. The number of benzene rings is 3. The standard InChI is InChI=1S/C32H37N3O5S/c1-38-18-17-35(32(37)23-41-26-9-5-4-6-10-26)22-31(36)34(21-24-13-14-29(39-2)30(19-24)40-3)16-15-25-20-33-28-12-8-7-11-27(25)28/h4-14,19-20,33H,15-18,21-23H2,1-3H3. The number of aromatic amines is 1. The van der Waals surface area contributed by atoms with Gasteiger partial charge in [-0.3, -0.25) is 9.59 Å². The monoisotopic (exact) mass is 575 g/mol. The number of nitrogens with zero attached hydrogens (tertiary/aromatic N) is 2. The van der Waals surface area contributed by atoms with Gasteiger partial charge in [0.25, 0.3) is 0 Å². The highest BCUT2D eigenvalue weighted by Crippen LogP contribution is 2.28. The predicted molar refractivity (Wildman–Crippen MR) is 163 cm³/mol. The van der Waals surface area contributed by atoms with E-state index < -0.39 is 0 Å². The van der Waals surface area contributed by atoms with E-state index in [1.165, 1.54) is 11.8 Å². The van der Waals surface area contributed by atoms with Crippen LogP contribution in [0.25, 0.3) is 10.9 Å². The van der Waals surface area contributed by atoms with Gasteiger partial charge < -0.3 is 29.0 Å². The molecular formula is C32H37N3O5S. The molecule has 3 aromatic carbocycles. The van der Waals surface area contributed by atoms with Crippen molar-refractivity contribution in [3.05, 3.63) is 90.1 Å². The molecule has 4 rings (SSSR count). The average Bonchev–Trinajstić information content (AvgIpc) is 3.43. The van der Waals surface area contributed by atoms with Gasteiger partial charge in [0, 0.05) is 48.7 Å². The van der Waals surface area contributed by atoms with Crippen LogP contribution >= 0.6 is 11.8 Å². The zero-order valence-electron chi connectivity index (χ0n) is 23.8. The summed E-state index contributed by atoms with van der Waals surface area (Å²) in [5.74, 6) is 1.23. The summed E-state index contributed by atoms with van der Waals surface area (Å²) < 4.78 is 16.1. The van der Waals surface area contributed by atoms with Gasteiger partial charge in [-0.1, -0.05) is 42.5 Å². The van der Waals surface area contributed by atoms with Gasteiger partial charge in [0.15, 0.2) is 11.5 Å². The first-order valence-electron chi connectivity index (χ1n) is 13.5. The lowest BCUT2D eigenvalue weighted by atomic mass is 10.1. The second-order valence-corrected chi connectivity index (χ2v) is 10.6. The maximum absolute atomic E-state index is 13.8. The Balaban J connectivity index is 1.51. The van der Waals surface area contributed by atoms with Crippen LogP contribution in [0.1, 0.15) is 11.1 Å². The molecule has 9 heteroatoms. The minimum Gasteiger partial charge on any atom is -0.493 e. The third-order valence-electron chi connectivity index (χ3n) is 6.85. The molecule has 41 heavy (non-hydrogen) atoms. The first kappa shape index (κ1) is 30.0. The quantitative estimate of drug-likeness (QED) is 0.200. The highest BCUT2D eigenvalue weighted by molar-refractivity contribution is 8.00. The molecular weight excluding hydrogens is 538 g/mol. The van der Waals surface area contributed by atoms with Gasteiger partial charge in [0.05, 0.1) is 33.1 Å². The highest BCUT2D eigenvalue weighted by atomic mass is 32.2. The third kappa shape index (κ3) is 8.28. The van der Waals surface area contributed by atoms with Crippen LogP contribution in [-0.2, 0) is 27.3 Å². The smallest absolute Gasteiger partial charge is 0.242 e. The number of aromatic nitrogens is 1. The van der Waals surface area contributed by atoms with E-state index in [1.54, 1.807) is 31.1 Å². The summed E-state index contributed by atoms with van der Waals surface area (Å²) in [6, 6.07) is 23.6. The SMILES string of the molecule is COCCN(CC(=O)N(CCc1c[nH]c2ccccc12)Cc1ccc(OC)c(OC)c1)C(=O)CSc1ccccc1. The highest BCUT2D eigenvalue weighted by Gasteiger charge is 2.22. The summed E-state index contributed by atoms with van der Waals surface area (Å²) >= 11 is 1.46. The number of hydrogen-bond acceptors (Lipinski definition) is 6. The summed E-state index contributed by atoms with van der Waals surface area (Å²) in [5, 5.41) is 1.14. The Labute approximate surface area is 245 Å². The van der Waals surface area contributed by atoms with Gasteiger partial charge in [-0.25, -0.2) is 0 Å². The Morgan fingerprint density at radius 3 is 2.34 bits per heavy atom. The van der Waals surface area contributed by atoms with Gasteiger partial charge in [0.2, 0.25) is 11.8 Å². The van der Waals surface area contributed by atoms with Crippen molar-refractivity contribution in [2.24, 2.45) is 0 Å². The molecule has 1 aromatic heterocycles. The molecule has 2 amide bonds. The molecule has 0 aliphatic carbocycles. The minimum absolute atomic E-state index is 0.0291. The number of carbonyl (C=O) groups excluding carboxylic acids is 2. The van der Waals surface area contributed by atoms with Crippen molar-refractivity contribution in [2.75, 3.05) is 53.3 Å². The summed E-state index contributed by atoms with van der Waals surface area (Å²) in [6.07, 6.45) is 2.66. The second-order valence-electron chi connectivity index (χ2n) is 9.52. The maximum Gasteiger partial charge on any atom is 0.242 e. The average molecular weight is 576 g/mol. The van der Waals surface area contributed by atoms with Crippen LogP contribution in [0.4, 0.5) is 0 Å². The van der Waals surface area contributed by atoms with Crippen LogP contribution in [0.3, 0.4) is 0 Å². The second kappa shape index (κ2) is 15.2. The molecule has 0 unspecified atom stereocenters. The van der Waals surface area contributed by atoms with Crippen LogP contribution in [0.5, 0.6) is 11.5 Å². The van der Waals surface area contributed by atoms with Gasteiger partial charge in [0.1, 0.15) is 0 Å². The molecule has 0 spiro atoms. The first-order valence-corrected chi connectivity index (χ1v) is 14.5. The molecule has 0 aliphatic rings. The van der Waals surface area contributed by atoms with E-state index in [0.29, 0.717) is 44.2 Å². The molecule has 0 fully saturated rings. The van der Waals surface area contributed by atoms with Crippen LogP contribution in [0, 0.1) is 0 Å². The zero-order chi connectivity index (χ0) is 29.0. The fourth-order valence-electron chi connectivity index (χ4n) is 4.59. The van der Waals surface area contributed by atoms with Crippen molar-refractivity contribution in [3.63, 3.8) is 0 Å². The Bertz CT molecular complexity index is 1430. The van der Waals surface area contributed by atoms with E-state index in [9.17, 15) is 9.59 Å². The van der Waals surface area contributed by atoms with Crippen LogP contribution < -0.4 is 9.47 Å². The van der Waals surface area contributed by atoms with Crippen molar-refractivity contribution in [2.45, 2.75) is 17.9 Å². The van der Waals surface area contributed by atoms with E-state index in [0.717, 1.165) is 26.9 Å². The molecule has 0 aliphatic heterocycles. The number of methoxy groups -OCH3 is 3. The van der Waals surface area contributed by atoms with Gasteiger partial charge in [-0.15, -0.1) is 11.8 Å². The number of ether oxygens (including phenoxy) is 3. The number of rotatable bonds is 15. The lowest BCUT2D eigenvalue weighted by Gasteiger charge is -2.28. The van der Waals surface area contributed by atoms with Crippen LogP contribution in [0.2, 0.25) is 0 Å². The Hall–Kier alpha value is -3.95. The van der Waals surface area contributed by atoms with E-state index in [1.807, 2.05) is 72.9 Å². The van der Waals surface area contributed by atoms with Crippen molar-refractivity contribution < 1.29 is 23.8 Å². The molecule has 216 valence electrons. The number of thioether (sulfide) groups is 1. The normalized spacial score (nSPS) is 10.9. The van der Waals surface area contributed by atoms with Crippen molar-refractivity contribution in [1.29, 1.82) is 0 Å². The Morgan fingerprint density at radius 1 is 0.829 bits per heavy atom. The summed E-state index contributed by atoms with van der Waals surface area (Å²) in [4.78, 5) is 34.8. The molecule has 0 radical (unpaired) electrons. The molecule has 0 bridgehead atoms. The largest absolute Gasteiger partial charge is 0.493 e. The van der Waals surface area contributed by atoms with E-state index in [-0.39, 0.29) is 24.1 Å². The zero-order valence-corrected chi connectivity index (χ0v) is 24.6. The van der Waals surface area contributed by atoms with Crippen LogP contribution in [0.15, 0.2) is 83.9 Å². The predicted octanol–water partition coefficient (Wildman–Crippen LogP) is 5.02. The van der Waals surface area contributed by atoms with E-state index in [4.69, 9.17) is 14.2 Å². The number of nitrogens with one attached hydrogen (secondary N) is 1. The molecule has 0 saturated heterocycles. The first-order chi connectivity index (χ1) is 20.0. The number of carbonyl (C=O) groups is 2. The number of fused-ring (bicyclic) bond motifs is 1. The van der Waals surface area contributed by atoms with Gasteiger partial charge >= 0.3 is 0 Å². The summed E-state index contributed by atoms with van der Waals surface area (Å²) in [6.45, 7) is 1.51. The Morgan fingerprint density at radius 2 is 1.59 bits per heavy atom. The fourth-order valence-corrected chi connectivity index (χ4v) is 5.42. The van der Waals surface area contributed by atoms with Crippen LogP contribution in [-0.4, -0.2) is 79.9 Å². The molecule has 0 saturated carbocycles. The molecule has 1 N–H and O–H groups in total. The number of amides is 2. The van der Waals surface area contributed by atoms with Crippen molar-refractivity contribution in [1.82, 2.24) is 14.8 Å². The fraction of sp³-hybridized carbons (Fsp3) is 0.312. The molecule has 8 nitrogen and oxygen atoms in total. The molecule has 4 aromatic rings. The maximum atomic E-state index is 13.8. The van der Waals surface area contributed by atoms with Crippen molar-refractivity contribution in [3.8, 4) is 11.5 Å². The summed E-state index contributed by atoms with van der Waals surface area (Å²) in [7, 11) is 4.78. The van der Waals surface area contributed by atoms with Gasteiger partial charge in [-0.2, -0.15) is 0 Å². The van der Waals surface area contributed by atoms with Crippen molar-refractivity contribution >= 4 is 34.5 Å².